The first-order valence-corrected chi connectivity index (χ1v) is 9.38. The molecular weight excluding hydrogens is 350 g/mol. The van der Waals surface area contributed by atoms with E-state index in [2.05, 4.69) is 23.2 Å². The molecule has 134 valence electrons. The minimum atomic E-state index is -0.331. The molecule has 0 saturated heterocycles. The summed E-state index contributed by atoms with van der Waals surface area (Å²) in [5.41, 5.74) is 2.98. The van der Waals surface area contributed by atoms with E-state index >= 15 is 0 Å². The van der Waals surface area contributed by atoms with E-state index < -0.39 is 0 Å². The number of hydrogen-bond acceptors (Lipinski definition) is 6. The smallest absolute Gasteiger partial charge is 0.277 e. The summed E-state index contributed by atoms with van der Waals surface area (Å²) in [4.78, 5) is 14.9. The van der Waals surface area contributed by atoms with Crippen LogP contribution in [0.5, 0.6) is 0 Å². The molecule has 0 bridgehead atoms. The Morgan fingerprint density at radius 3 is 2.88 bits per heavy atom. The number of benzene rings is 1. The monoisotopic (exact) mass is 369 g/mol. The molecule has 0 spiro atoms. The average molecular weight is 369 g/mol. The lowest BCUT2D eigenvalue weighted by Crippen LogP contribution is -2.40. The summed E-state index contributed by atoms with van der Waals surface area (Å²) in [5.74, 6) is 1.17. The Balaban J connectivity index is 1.50. The van der Waals surface area contributed by atoms with Crippen molar-refractivity contribution < 1.29 is 13.6 Å². The van der Waals surface area contributed by atoms with Gasteiger partial charge in [-0.05, 0) is 44.9 Å². The molecule has 1 aromatic carbocycles. The number of nitrogens with zero attached hydrogens (tertiary/aromatic N) is 3. The number of thioether (sulfide) groups is 1. The predicted molar refractivity (Wildman–Crippen MR) is 99.2 cm³/mol. The maximum Gasteiger partial charge on any atom is 0.277 e. The average Bonchev–Trinajstić information content (AvgIpc) is 3.32. The molecule has 4 rings (SSSR count). The highest BCUT2D eigenvalue weighted by Gasteiger charge is 2.34. The lowest BCUT2D eigenvalue weighted by Gasteiger charge is -2.25. The number of aryl methyl sites for hydroxylation is 1. The maximum atomic E-state index is 13.0. The van der Waals surface area contributed by atoms with Gasteiger partial charge in [0.2, 0.25) is 5.91 Å². The molecule has 26 heavy (non-hydrogen) atoms. The van der Waals surface area contributed by atoms with Crippen LogP contribution in [0.15, 0.2) is 50.7 Å². The molecule has 3 heterocycles. The largest absolute Gasteiger partial charge is 0.469 e. The fraction of sp³-hybridized carbons (Fsp3) is 0.316. The second-order valence-corrected chi connectivity index (χ2v) is 7.71. The van der Waals surface area contributed by atoms with Crippen LogP contribution in [-0.4, -0.2) is 27.4 Å². The van der Waals surface area contributed by atoms with Crippen molar-refractivity contribution in [3.63, 3.8) is 0 Å². The lowest BCUT2D eigenvalue weighted by atomic mass is 10.1. The summed E-state index contributed by atoms with van der Waals surface area (Å²) >= 11 is 1.28. The molecule has 0 saturated carbocycles. The number of amides is 1. The molecule has 0 aliphatic carbocycles. The van der Waals surface area contributed by atoms with Crippen LogP contribution in [0.2, 0.25) is 0 Å². The summed E-state index contributed by atoms with van der Waals surface area (Å²) in [5, 5.41) is 8.16. The van der Waals surface area contributed by atoms with Gasteiger partial charge in [0.25, 0.3) is 11.1 Å². The quantitative estimate of drug-likeness (QED) is 0.645. The molecule has 3 aromatic rings. The van der Waals surface area contributed by atoms with Gasteiger partial charge in [-0.2, -0.15) is 0 Å². The molecule has 2 atom stereocenters. The number of para-hydroxylation sites is 1. The minimum Gasteiger partial charge on any atom is -0.469 e. The van der Waals surface area contributed by atoms with Gasteiger partial charge in [0.05, 0.1) is 17.1 Å². The van der Waals surface area contributed by atoms with Gasteiger partial charge in [-0.25, -0.2) is 0 Å². The zero-order valence-corrected chi connectivity index (χ0v) is 15.6. The summed E-state index contributed by atoms with van der Waals surface area (Å²) in [6, 6.07) is 9.99. The number of aromatic nitrogens is 2. The number of furan rings is 1. The van der Waals surface area contributed by atoms with Crippen LogP contribution in [0.4, 0.5) is 5.69 Å². The highest BCUT2D eigenvalue weighted by Crippen LogP contribution is 2.35. The van der Waals surface area contributed by atoms with Crippen molar-refractivity contribution >= 4 is 23.4 Å². The zero-order chi connectivity index (χ0) is 18.3. The number of fused-ring (bicyclic) bond motifs is 1. The first-order valence-electron chi connectivity index (χ1n) is 8.50. The summed E-state index contributed by atoms with van der Waals surface area (Å²) < 4.78 is 11.0. The third kappa shape index (κ3) is 2.92. The van der Waals surface area contributed by atoms with E-state index in [9.17, 15) is 4.79 Å². The Kier molecular flexibility index (Phi) is 4.32. The predicted octanol–water partition coefficient (Wildman–Crippen LogP) is 4.10. The van der Waals surface area contributed by atoms with Crippen molar-refractivity contribution in [1.29, 1.82) is 0 Å². The van der Waals surface area contributed by atoms with Crippen molar-refractivity contribution in [2.24, 2.45) is 0 Å². The normalized spacial score (nSPS) is 17.3. The second kappa shape index (κ2) is 6.64. The molecule has 1 aliphatic rings. The van der Waals surface area contributed by atoms with Crippen molar-refractivity contribution in [3.8, 4) is 11.5 Å². The SMILES string of the molecule is Cc1occc1-c1nnc(SC(C)C(=O)N2c3ccccc3CC2C)o1. The van der Waals surface area contributed by atoms with Crippen molar-refractivity contribution in [3.05, 3.63) is 47.9 Å². The Labute approximate surface area is 155 Å². The number of anilines is 1. The molecule has 0 fully saturated rings. The van der Waals surface area contributed by atoms with Crippen LogP contribution in [0.25, 0.3) is 11.5 Å². The number of hydrogen-bond donors (Lipinski definition) is 0. The van der Waals surface area contributed by atoms with Gasteiger partial charge in [-0.15, -0.1) is 10.2 Å². The molecular formula is C19H19N3O3S. The van der Waals surface area contributed by atoms with Gasteiger partial charge in [-0.3, -0.25) is 4.79 Å². The highest BCUT2D eigenvalue weighted by molar-refractivity contribution is 8.00. The van der Waals surface area contributed by atoms with Gasteiger partial charge in [0.1, 0.15) is 5.76 Å². The first kappa shape index (κ1) is 16.9. The standard InChI is InChI=1S/C19H19N3O3S/c1-11-10-14-6-4-5-7-16(14)22(11)18(23)13(3)26-19-21-20-17(25-19)15-8-9-24-12(15)2/h4-9,11,13H,10H2,1-3H3. The van der Waals surface area contributed by atoms with E-state index in [4.69, 9.17) is 8.83 Å². The van der Waals surface area contributed by atoms with E-state index in [1.165, 1.54) is 17.3 Å². The van der Waals surface area contributed by atoms with Crippen molar-refractivity contribution in [2.75, 3.05) is 4.90 Å². The Bertz CT molecular complexity index is 949. The molecule has 7 heteroatoms. The Morgan fingerprint density at radius 2 is 2.12 bits per heavy atom. The minimum absolute atomic E-state index is 0.0479. The first-order chi connectivity index (χ1) is 12.5. The topological polar surface area (TPSA) is 72.4 Å². The van der Waals surface area contributed by atoms with E-state index in [1.807, 2.05) is 36.9 Å². The van der Waals surface area contributed by atoms with Crippen LogP contribution in [0, 0.1) is 6.92 Å². The highest BCUT2D eigenvalue weighted by atomic mass is 32.2. The van der Waals surface area contributed by atoms with Gasteiger partial charge in [0.15, 0.2) is 0 Å². The van der Waals surface area contributed by atoms with Crippen molar-refractivity contribution in [1.82, 2.24) is 10.2 Å². The molecule has 1 aliphatic heterocycles. The lowest BCUT2D eigenvalue weighted by molar-refractivity contribution is -0.118. The third-order valence-electron chi connectivity index (χ3n) is 4.57. The van der Waals surface area contributed by atoms with E-state index in [1.54, 1.807) is 12.3 Å². The number of carbonyl (C=O) groups excluding carboxylic acids is 1. The van der Waals surface area contributed by atoms with Crippen LogP contribution in [0.3, 0.4) is 0 Å². The maximum absolute atomic E-state index is 13.0. The van der Waals surface area contributed by atoms with Gasteiger partial charge in [-0.1, -0.05) is 30.0 Å². The van der Waals surface area contributed by atoms with E-state index in [0.717, 1.165) is 23.4 Å². The molecule has 0 radical (unpaired) electrons. The summed E-state index contributed by atoms with van der Waals surface area (Å²) in [6.45, 7) is 5.78. The zero-order valence-electron chi connectivity index (χ0n) is 14.8. The van der Waals surface area contributed by atoms with Gasteiger partial charge < -0.3 is 13.7 Å². The van der Waals surface area contributed by atoms with Gasteiger partial charge >= 0.3 is 0 Å². The number of rotatable bonds is 4. The van der Waals surface area contributed by atoms with E-state index in [-0.39, 0.29) is 17.2 Å². The van der Waals surface area contributed by atoms with Gasteiger partial charge in [0, 0.05) is 11.7 Å². The molecule has 0 N–H and O–H groups in total. The Hall–Kier alpha value is -2.54. The fourth-order valence-corrected chi connectivity index (χ4v) is 4.00. The summed E-state index contributed by atoms with van der Waals surface area (Å²) in [6.07, 6.45) is 2.46. The summed E-state index contributed by atoms with van der Waals surface area (Å²) in [7, 11) is 0. The van der Waals surface area contributed by atoms with E-state index in [0.29, 0.717) is 11.1 Å². The molecule has 1 amide bonds. The molecule has 2 aromatic heterocycles. The molecule has 6 nitrogen and oxygen atoms in total. The van der Waals surface area contributed by atoms with Crippen molar-refractivity contribution in [2.45, 2.75) is 43.7 Å². The van der Waals surface area contributed by atoms with Crippen LogP contribution in [-0.2, 0) is 11.2 Å². The van der Waals surface area contributed by atoms with Crippen LogP contribution < -0.4 is 4.90 Å². The van der Waals surface area contributed by atoms with Crippen LogP contribution >= 0.6 is 11.8 Å². The fourth-order valence-electron chi connectivity index (χ4n) is 3.27. The van der Waals surface area contributed by atoms with Crippen LogP contribution in [0.1, 0.15) is 25.2 Å². The number of carbonyl (C=O) groups is 1. The second-order valence-electron chi connectivity index (χ2n) is 6.41. The molecule has 2 unspecified atom stereocenters. The Morgan fingerprint density at radius 1 is 1.31 bits per heavy atom. The third-order valence-corrected chi connectivity index (χ3v) is 5.49.